The normalized spacial score (nSPS) is 20.2. The highest BCUT2D eigenvalue weighted by Gasteiger charge is 2.38. The van der Waals surface area contributed by atoms with Gasteiger partial charge in [0.25, 0.3) is 0 Å². The molecule has 0 unspecified atom stereocenters. The van der Waals surface area contributed by atoms with Crippen LogP contribution in [-0.2, 0) is 25.5 Å². The van der Waals surface area contributed by atoms with Gasteiger partial charge in [0.1, 0.15) is 12.1 Å². The Morgan fingerprint density at radius 2 is 2.19 bits per heavy atom. The molecule has 1 aliphatic heterocycles. The van der Waals surface area contributed by atoms with Crippen molar-refractivity contribution in [1.82, 2.24) is 10.2 Å². The van der Waals surface area contributed by atoms with Gasteiger partial charge in [0.05, 0.1) is 24.8 Å². The topological polar surface area (TPSA) is 120 Å². The number of β-amino-alcohol motifs (C(OH)–C–C–N with tert-alkyl or cyclic N) is 1. The number of ether oxygens (including phenoxy) is 1. The molecule has 1 aliphatic rings. The first-order valence-electron chi connectivity index (χ1n) is 8.18. The number of carbonyl (C=O) groups is 3. The summed E-state index contributed by atoms with van der Waals surface area (Å²) in [7, 11) is 1.22. The third kappa shape index (κ3) is 4.58. The molecular formula is C18H21N3O5. The van der Waals surface area contributed by atoms with Gasteiger partial charge in [0.15, 0.2) is 0 Å². The molecule has 0 radical (unpaired) electrons. The van der Waals surface area contributed by atoms with Crippen molar-refractivity contribution < 1.29 is 24.2 Å². The maximum Gasteiger partial charge on any atom is 0.328 e. The summed E-state index contributed by atoms with van der Waals surface area (Å²) in [5.41, 5.74) is 1.13. The summed E-state index contributed by atoms with van der Waals surface area (Å²) in [4.78, 5) is 37.6. The van der Waals surface area contributed by atoms with E-state index in [9.17, 15) is 19.5 Å². The Labute approximate surface area is 151 Å². The van der Waals surface area contributed by atoms with Crippen molar-refractivity contribution in [2.75, 3.05) is 13.7 Å². The molecule has 1 aromatic carbocycles. The van der Waals surface area contributed by atoms with E-state index in [0.717, 1.165) is 0 Å². The average Bonchev–Trinajstić information content (AvgIpc) is 3.03. The van der Waals surface area contributed by atoms with E-state index in [1.165, 1.54) is 18.9 Å². The molecule has 1 fully saturated rings. The minimum Gasteiger partial charge on any atom is -0.467 e. The summed E-state index contributed by atoms with van der Waals surface area (Å²) in [6, 6.07) is 6.92. The number of methoxy groups -OCH3 is 1. The average molecular weight is 359 g/mol. The van der Waals surface area contributed by atoms with Crippen LogP contribution in [0.5, 0.6) is 0 Å². The third-order valence-electron chi connectivity index (χ3n) is 4.28. The molecule has 0 saturated carbocycles. The Balaban J connectivity index is 2.14. The zero-order valence-corrected chi connectivity index (χ0v) is 14.6. The first-order valence-corrected chi connectivity index (χ1v) is 8.18. The molecule has 1 aromatic rings. The predicted molar refractivity (Wildman–Crippen MR) is 90.6 cm³/mol. The monoisotopic (exact) mass is 359 g/mol. The standard InChI is InChI=1S/C18H21N3O5/c1-11(22)21-10-14(23)8-16(21)17(24)20-15(18(25)26-2)7-12-4-3-5-13(6-12)9-19/h3-6,14-16,23H,7-8,10H2,1-2H3,(H,20,24)/t14-,15+,16+/m1/s1. The Hall–Kier alpha value is -2.92. The fourth-order valence-electron chi connectivity index (χ4n) is 3.02. The second kappa shape index (κ2) is 8.45. The molecular weight excluding hydrogens is 338 g/mol. The highest BCUT2D eigenvalue weighted by Crippen LogP contribution is 2.19. The number of hydrogen-bond donors (Lipinski definition) is 2. The number of nitrogens with zero attached hydrogens (tertiary/aromatic N) is 2. The van der Waals surface area contributed by atoms with Crippen LogP contribution in [0.4, 0.5) is 0 Å². The molecule has 8 nitrogen and oxygen atoms in total. The zero-order valence-electron chi connectivity index (χ0n) is 14.6. The van der Waals surface area contributed by atoms with Gasteiger partial charge in [-0.25, -0.2) is 4.79 Å². The number of carbonyl (C=O) groups excluding carboxylic acids is 3. The molecule has 2 amide bonds. The molecule has 26 heavy (non-hydrogen) atoms. The summed E-state index contributed by atoms with van der Waals surface area (Å²) in [6.45, 7) is 1.41. The Morgan fingerprint density at radius 1 is 1.46 bits per heavy atom. The lowest BCUT2D eigenvalue weighted by molar-refractivity contribution is -0.146. The van der Waals surface area contributed by atoms with Crippen LogP contribution in [0.1, 0.15) is 24.5 Å². The summed E-state index contributed by atoms with van der Waals surface area (Å²) in [5, 5.41) is 21.3. The van der Waals surface area contributed by atoms with Crippen molar-refractivity contribution in [3.63, 3.8) is 0 Å². The highest BCUT2D eigenvalue weighted by molar-refractivity contribution is 5.91. The van der Waals surface area contributed by atoms with Crippen LogP contribution >= 0.6 is 0 Å². The van der Waals surface area contributed by atoms with Crippen molar-refractivity contribution >= 4 is 17.8 Å². The van der Waals surface area contributed by atoms with E-state index >= 15 is 0 Å². The van der Waals surface area contributed by atoms with Gasteiger partial charge < -0.3 is 20.1 Å². The number of nitriles is 1. The van der Waals surface area contributed by atoms with E-state index in [2.05, 4.69) is 5.32 Å². The number of rotatable bonds is 5. The molecule has 1 heterocycles. The van der Waals surface area contributed by atoms with Gasteiger partial charge in [-0.15, -0.1) is 0 Å². The van der Waals surface area contributed by atoms with E-state index < -0.39 is 30.1 Å². The number of nitrogens with one attached hydrogen (secondary N) is 1. The molecule has 138 valence electrons. The van der Waals surface area contributed by atoms with Gasteiger partial charge in [-0.05, 0) is 17.7 Å². The predicted octanol–water partition coefficient (Wildman–Crippen LogP) is -0.260. The molecule has 3 atom stereocenters. The molecule has 0 spiro atoms. The van der Waals surface area contributed by atoms with Crippen molar-refractivity contribution in [3.8, 4) is 6.07 Å². The molecule has 0 bridgehead atoms. The minimum atomic E-state index is -0.965. The zero-order chi connectivity index (χ0) is 19.3. The fraction of sp³-hybridized carbons (Fsp3) is 0.444. The van der Waals surface area contributed by atoms with E-state index in [0.29, 0.717) is 11.1 Å². The van der Waals surface area contributed by atoms with Crippen LogP contribution < -0.4 is 5.32 Å². The quantitative estimate of drug-likeness (QED) is 0.699. The minimum absolute atomic E-state index is 0.0839. The van der Waals surface area contributed by atoms with E-state index in [1.807, 2.05) is 6.07 Å². The number of aliphatic hydroxyl groups is 1. The largest absolute Gasteiger partial charge is 0.467 e. The second-order valence-electron chi connectivity index (χ2n) is 6.18. The van der Waals surface area contributed by atoms with Crippen LogP contribution in [0.25, 0.3) is 0 Å². The van der Waals surface area contributed by atoms with Gasteiger partial charge >= 0.3 is 5.97 Å². The number of aliphatic hydroxyl groups excluding tert-OH is 1. The summed E-state index contributed by atoms with van der Waals surface area (Å²) in [6.07, 6.45) is -0.523. The molecule has 1 saturated heterocycles. The molecule has 0 aromatic heterocycles. The molecule has 0 aliphatic carbocycles. The lowest BCUT2D eigenvalue weighted by Gasteiger charge is -2.24. The van der Waals surface area contributed by atoms with Crippen LogP contribution in [0.3, 0.4) is 0 Å². The SMILES string of the molecule is COC(=O)[C@H](Cc1cccc(C#N)c1)NC(=O)[C@@H]1C[C@@H](O)CN1C(C)=O. The van der Waals surface area contributed by atoms with E-state index in [-0.39, 0.29) is 25.3 Å². The lowest BCUT2D eigenvalue weighted by atomic mass is 10.0. The first-order chi connectivity index (χ1) is 12.3. The first kappa shape index (κ1) is 19.4. The van der Waals surface area contributed by atoms with Crippen LogP contribution in [0, 0.1) is 11.3 Å². The number of esters is 1. The van der Waals surface area contributed by atoms with Crippen molar-refractivity contribution in [2.24, 2.45) is 0 Å². The third-order valence-corrected chi connectivity index (χ3v) is 4.28. The summed E-state index contributed by atoms with van der Waals surface area (Å²) < 4.78 is 4.75. The number of hydrogen-bond acceptors (Lipinski definition) is 6. The maximum atomic E-state index is 12.6. The summed E-state index contributed by atoms with van der Waals surface area (Å²) >= 11 is 0. The number of benzene rings is 1. The van der Waals surface area contributed by atoms with Crippen molar-refractivity contribution in [3.05, 3.63) is 35.4 Å². The molecule has 8 heteroatoms. The fourth-order valence-corrected chi connectivity index (χ4v) is 3.02. The summed E-state index contributed by atoms with van der Waals surface area (Å²) in [5.74, 6) is -1.48. The maximum absolute atomic E-state index is 12.6. The molecule has 2 rings (SSSR count). The van der Waals surface area contributed by atoms with Gasteiger partial charge in [-0.3, -0.25) is 9.59 Å². The van der Waals surface area contributed by atoms with Gasteiger partial charge in [0, 0.05) is 26.3 Å². The van der Waals surface area contributed by atoms with Gasteiger partial charge in [0.2, 0.25) is 11.8 Å². The van der Waals surface area contributed by atoms with Gasteiger partial charge in [-0.2, -0.15) is 5.26 Å². The van der Waals surface area contributed by atoms with Crippen LogP contribution in [-0.4, -0.2) is 59.6 Å². The Morgan fingerprint density at radius 3 is 2.81 bits per heavy atom. The van der Waals surface area contributed by atoms with Crippen molar-refractivity contribution in [2.45, 2.75) is 38.0 Å². The Bertz CT molecular complexity index is 743. The number of amides is 2. The molecule has 2 N–H and O–H groups in total. The number of likely N-dealkylation sites (tertiary alicyclic amines) is 1. The Kier molecular flexibility index (Phi) is 6.31. The lowest BCUT2D eigenvalue weighted by Crippen LogP contribution is -2.51. The van der Waals surface area contributed by atoms with E-state index in [1.54, 1.807) is 24.3 Å². The smallest absolute Gasteiger partial charge is 0.328 e. The second-order valence-corrected chi connectivity index (χ2v) is 6.18. The van der Waals surface area contributed by atoms with Crippen molar-refractivity contribution in [1.29, 1.82) is 5.26 Å². The highest BCUT2D eigenvalue weighted by atomic mass is 16.5. The van der Waals surface area contributed by atoms with Gasteiger partial charge in [-0.1, -0.05) is 12.1 Å². The van der Waals surface area contributed by atoms with Crippen LogP contribution in [0.15, 0.2) is 24.3 Å². The van der Waals surface area contributed by atoms with Crippen LogP contribution in [0.2, 0.25) is 0 Å². The van der Waals surface area contributed by atoms with E-state index in [4.69, 9.17) is 10.00 Å².